The van der Waals surface area contributed by atoms with Crippen LogP contribution in [0.15, 0.2) is 23.1 Å². The Balaban J connectivity index is 2.22. The average molecular weight is 389 g/mol. The lowest BCUT2D eigenvalue weighted by atomic mass is 10.0. The van der Waals surface area contributed by atoms with Crippen molar-refractivity contribution < 1.29 is 14.3 Å². The molecular weight excluding hydrogens is 368 g/mol. The van der Waals surface area contributed by atoms with Gasteiger partial charge in [-0.05, 0) is 61.7 Å². The van der Waals surface area contributed by atoms with Crippen molar-refractivity contribution in [2.75, 3.05) is 11.9 Å². The number of thioether (sulfide) groups is 1. The Morgan fingerprint density at radius 2 is 2.00 bits per heavy atom. The van der Waals surface area contributed by atoms with Crippen molar-refractivity contribution in [1.29, 1.82) is 5.26 Å². The summed E-state index contributed by atoms with van der Waals surface area (Å²) in [7, 11) is 0. The zero-order valence-electron chi connectivity index (χ0n) is 15.1. The lowest BCUT2D eigenvalue weighted by molar-refractivity contribution is -0.115. The van der Waals surface area contributed by atoms with Crippen LogP contribution in [0.5, 0.6) is 0 Å². The van der Waals surface area contributed by atoms with Crippen molar-refractivity contribution in [3.63, 3.8) is 0 Å². The highest BCUT2D eigenvalue weighted by Crippen LogP contribution is 2.40. The van der Waals surface area contributed by atoms with Gasteiger partial charge in [0.1, 0.15) is 15.3 Å². The summed E-state index contributed by atoms with van der Waals surface area (Å²) in [5.74, 6) is -0.630. The van der Waals surface area contributed by atoms with Crippen molar-refractivity contribution >= 4 is 40.0 Å². The lowest BCUT2D eigenvalue weighted by Gasteiger charge is -2.07. The zero-order chi connectivity index (χ0) is 19.3. The predicted octanol–water partition coefficient (Wildman–Crippen LogP) is 4.60. The second kappa shape index (κ2) is 8.88. The van der Waals surface area contributed by atoms with Crippen LogP contribution in [0.1, 0.15) is 38.8 Å². The molecule has 1 N–H and O–H groups in total. The van der Waals surface area contributed by atoms with Gasteiger partial charge in [-0.15, -0.1) is 11.3 Å². The Morgan fingerprint density at radius 1 is 1.27 bits per heavy atom. The first kappa shape index (κ1) is 20.0. The Morgan fingerprint density at radius 3 is 2.62 bits per heavy atom. The van der Waals surface area contributed by atoms with Crippen LogP contribution in [0.4, 0.5) is 5.00 Å². The molecule has 2 rings (SSSR count). The third kappa shape index (κ3) is 4.65. The third-order valence-corrected chi connectivity index (χ3v) is 6.01. The fourth-order valence-corrected chi connectivity index (χ4v) is 4.23. The molecule has 5 nitrogen and oxygen atoms in total. The molecule has 0 saturated heterocycles. The van der Waals surface area contributed by atoms with E-state index < -0.39 is 5.97 Å². The van der Waals surface area contributed by atoms with Crippen molar-refractivity contribution in [3.05, 3.63) is 45.3 Å². The first-order chi connectivity index (χ1) is 12.4. The summed E-state index contributed by atoms with van der Waals surface area (Å²) >= 11 is 2.07. The van der Waals surface area contributed by atoms with E-state index in [4.69, 9.17) is 10.00 Å². The molecule has 1 amide bonds. The van der Waals surface area contributed by atoms with Crippen LogP contribution in [-0.2, 0) is 16.0 Å². The smallest absolute Gasteiger partial charge is 0.348 e. The molecule has 0 radical (unpaired) electrons. The predicted molar refractivity (Wildman–Crippen MR) is 105 cm³/mol. The van der Waals surface area contributed by atoms with Gasteiger partial charge in [-0.2, -0.15) is 5.26 Å². The minimum Gasteiger partial charge on any atom is -0.462 e. The standard InChI is InChI=1S/C19H20N2O3S2/c1-5-24-19(23)17-13(4)16(25-10-20)18(26-17)21-15(22)9-14-7-6-11(2)12(3)8-14/h6-8H,5,9H2,1-4H3,(H,21,22). The van der Waals surface area contributed by atoms with E-state index in [1.807, 2.05) is 37.4 Å². The minimum atomic E-state index is -0.440. The molecule has 7 heteroatoms. The highest BCUT2D eigenvalue weighted by Gasteiger charge is 2.22. The largest absolute Gasteiger partial charge is 0.462 e. The maximum atomic E-state index is 12.4. The average Bonchev–Trinajstić information content (AvgIpc) is 2.88. The molecule has 1 heterocycles. The van der Waals surface area contributed by atoms with Crippen LogP contribution < -0.4 is 5.32 Å². The number of benzene rings is 1. The molecule has 0 spiro atoms. The number of nitrogens with one attached hydrogen (secondary N) is 1. The topological polar surface area (TPSA) is 79.2 Å². The number of esters is 1. The number of thiophene rings is 1. The second-order valence-corrected chi connectivity index (χ2v) is 7.59. The van der Waals surface area contributed by atoms with Gasteiger partial charge in [0, 0.05) is 0 Å². The number of amides is 1. The highest BCUT2D eigenvalue weighted by molar-refractivity contribution is 8.04. The summed E-state index contributed by atoms with van der Waals surface area (Å²) < 4.78 is 5.05. The Bertz CT molecular complexity index is 882. The van der Waals surface area contributed by atoms with E-state index in [1.165, 1.54) is 5.56 Å². The van der Waals surface area contributed by atoms with Crippen LogP contribution in [0.25, 0.3) is 0 Å². The van der Waals surface area contributed by atoms with Gasteiger partial charge in [-0.25, -0.2) is 4.79 Å². The maximum Gasteiger partial charge on any atom is 0.348 e. The summed E-state index contributed by atoms with van der Waals surface area (Å²) in [5, 5.41) is 14.4. The third-order valence-electron chi connectivity index (χ3n) is 3.89. The number of nitrogens with zero attached hydrogens (tertiary/aromatic N) is 1. The summed E-state index contributed by atoms with van der Waals surface area (Å²) in [6, 6.07) is 5.91. The molecule has 1 aromatic carbocycles. The number of hydrogen-bond donors (Lipinski definition) is 1. The van der Waals surface area contributed by atoms with Crippen molar-refractivity contribution in [1.82, 2.24) is 0 Å². The Kier molecular flexibility index (Phi) is 6.83. The number of rotatable bonds is 6. The van der Waals surface area contributed by atoms with E-state index in [2.05, 4.69) is 5.32 Å². The molecule has 0 aliphatic carbocycles. The maximum absolute atomic E-state index is 12.4. The number of anilines is 1. The van der Waals surface area contributed by atoms with Gasteiger partial charge in [-0.1, -0.05) is 18.2 Å². The van der Waals surface area contributed by atoms with Crippen molar-refractivity contribution in [3.8, 4) is 5.40 Å². The van der Waals surface area contributed by atoms with Crippen LogP contribution in [-0.4, -0.2) is 18.5 Å². The molecule has 2 aromatic rings. The molecule has 0 saturated carbocycles. The van der Waals surface area contributed by atoms with Gasteiger partial charge in [0.15, 0.2) is 0 Å². The van der Waals surface area contributed by atoms with Crippen molar-refractivity contribution in [2.24, 2.45) is 0 Å². The quantitative estimate of drug-likeness (QED) is 0.444. The molecule has 0 unspecified atom stereocenters. The first-order valence-electron chi connectivity index (χ1n) is 8.09. The molecular formula is C19H20N2O3S2. The molecule has 0 fully saturated rings. The number of carbonyl (C=O) groups excluding carboxylic acids is 2. The number of carbonyl (C=O) groups is 2. The summed E-state index contributed by atoms with van der Waals surface area (Å²) in [6.07, 6.45) is 0.226. The fourth-order valence-electron chi connectivity index (χ4n) is 2.41. The van der Waals surface area contributed by atoms with Gasteiger partial charge in [-0.3, -0.25) is 4.79 Å². The van der Waals surface area contributed by atoms with E-state index in [0.717, 1.165) is 34.2 Å². The highest BCUT2D eigenvalue weighted by atomic mass is 32.2. The molecule has 0 atom stereocenters. The van der Waals surface area contributed by atoms with Gasteiger partial charge >= 0.3 is 5.97 Å². The first-order valence-corrected chi connectivity index (χ1v) is 9.73. The molecule has 0 bridgehead atoms. The number of hydrogen-bond acceptors (Lipinski definition) is 6. The monoisotopic (exact) mass is 388 g/mol. The summed E-state index contributed by atoms with van der Waals surface area (Å²) in [5.41, 5.74) is 3.88. The summed E-state index contributed by atoms with van der Waals surface area (Å²) in [4.78, 5) is 25.5. The Hall–Kier alpha value is -2.30. The molecule has 0 aliphatic rings. The number of nitriles is 1. The van der Waals surface area contributed by atoms with E-state index >= 15 is 0 Å². The van der Waals surface area contributed by atoms with Gasteiger partial charge in [0.2, 0.25) is 5.91 Å². The normalized spacial score (nSPS) is 10.3. The van der Waals surface area contributed by atoms with Gasteiger partial charge < -0.3 is 10.1 Å². The van der Waals surface area contributed by atoms with Crippen molar-refractivity contribution in [2.45, 2.75) is 39.0 Å². The molecule has 136 valence electrons. The van der Waals surface area contributed by atoms with Crippen LogP contribution in [0, 0.1) is 31.4 Å². The molecule has 1 aromatic heterocycles. The Labute approximate surface area is 161 Å². The van der Waals surface area contributed by atoms with E-state index in [-0.39, 0.29) is 18.9 Å². The molecule has 26 heavy (non-hydrogen) atoms. The van der Waals surface area contributed by atoms with Crippen LogP contribution >= 0.6 is 23.1 Å². The van der Waals surface area contributed by atoms with E-state index in [0.29, 0.717) is 20.3 Å². The lowest BCUT2D eigenvalue weighted by Crippen LogP contribution is -2.14. The summed E-state index contributed by atoms with van der Waals surface area (Å²) in [6.45, 7) is 7.79. The molecule has 0 aliphatic heterocycles. The SMILES string of the molecule is CCOC(=O)c1sc(NC(=O)Cc2ccc(C)c(C)c2)c(SC#N)c1C. The second-order valence-electron chi connectivity index (χ2n) is 5.77. The zero-order valence-corrected chi connectivity index (χ0v) is 16.8. The van der Waals surface area contributed by atoms with Crippen LogP contribution in [0.2, 0.25) is 0 Å². The van der Waals surface area contributed by atoms with Gasteiger partial charge in [0.05, 0.1) is 17.9 Å². The number of ether oxygens (including phenoxy) is 1. The number of aryl methyl sites for hydroxylation is 2. The fraction of sp³-hybridized carbons (Fsp3) is 0.316. The van der Waals surface area contributed by atoms with Crippen LogP contribution in [0.3, 0.4) is 0 Å². The van der Waals surface area contributed by atoms with E-state index in [1.54, 1.807) is 13.8 Å². The van der Waals surface area contributed by atoms with E-state index in [9.17, 15) is 9.59 Å². The minimum absolute atomic E-state index is 0.190. The van der Waals surface area contributed by atoms with Gasteiger partial charge in [0.25, 0.3) is 0 Å². The number of thiocyanates is 1.